The Bertz CT molecular complexity index is 353. The largest absolute Gasteiger partial charge is 0.381 e. The van der Waals surface area contributed by atoms with Crippen molar-refractivity contribution in [2.75, 3.05) is 13.2 Å². The molecule has 1 N–H and O–H groups in total. The van der Waals surface area contributed by atoms with Crippen molar-refractivity contribution in [1.29, 1.82) is 0 Å². The molecule has 0 unspecified atom stereocenters. The molecule has 1 aliphatic carbocycles. The zero-order valence-corrected chi connectivity index (χ0v) is 10.3. The van der Waals surface area contributed by atoms with E-state index in [0.717, 1.165) is 38.3 Å². The van der Waals surface area contributed by atoms with Gasteiger partial charge in [-0.25, -0.2) is 0 Å². The lowest BCUT2D eigenvalue weighted by Crippen LogP contribution is -2.20. The molecule has 94 valence electrons. The van der Waals surface area contributed by atoms with Gasteiger partial charge in [0.25, 0.3) is 0 Å². The maximum atomic E-state index is 5.37. The molecular weight excluding hydrogens is 214 g/mol. The molecule has 2 fully saturated rings. The first kappa shape index (κ1) is 11.2. The summed E-state index contributed by atoms with van der Waals surface area (Å²) in [5.74, 6) is 0.743. The average Bonchev–Trinajstić information content (AvgIpc) is 3.09. The van der Waals surface area contributed by atoms with Gasteiger partial charge in [-0.05, 0) is 31.6 Å². The van der Waals surface area contributed by atoms with Crippen molar-refractivity contribution < 1.29 is 4.74 Å². The highest BCUT2D eigenvalue weighted by Gasteiger charge is 2.20. The van der Waals surface area contributed by atoms with E-state index in [-0.39, 0.29) is 0 Å². The lowest BCUT2D eigenvalue weighted by Gasteiger charge is -2.21. The van der Waals surface area contributed by atoms with Crippen molar-refractivity contribution in [3.63, 3.8) is 0 Å². The summed E-state index contributed by atoms with van der Waals surface area (Å²) < 4.78 is 7.47. The van der Waals surface area contributed by atoms with Crippen molar-refractivity contribution >= 4 is 0 Å². The van der Waals surface area contributed by atoms with Gasteiger partial charge >= 0.3 is 0 Å². The molecule has 0 aromatic carbocycles. The van der Waals surface area contributed by atoms with E-state index >= 15 is 0 Å². The summed E-state index contributed by atoms with van der Waals surface area (Å²) in [5.41, 5.74) is 1.31. The van der Waals surface area contributed by atoms with Gasteiger partial charge in [-0.2, -0.15) is 5.10 Å². The minimum Gasteiger partial charge on any atom is -0.381 e. The van der Waals surface area contributed by atoms with Crippen LogP contribution in [-0.4, -0.2) is 29.0 Å². The Kier molecular flexibility index (Phi) is 3.43. The molecule has 17 heavy (non-hydrogen) atoms. The number of ether oxygens (including phenoxy) is 1. The fourth-order valence-electron chi connectivity index (χ4n) is 2.34. The van der Waals surface area contributed by atoms with Crippen LogP contribution in [0.2, 0.25) is 0 Å². The average molecular weight is 235 g/mol. The Labute approximate surface area is 102 Å². The third-order valence-corrected chi connectivity index (χ3v) is 3.65. The minimum atomic E-state index is 0.743. The first-order valence-electron chi connectivity index (χ1n) is 6.72. The van der Waals surface area contributed by atoms with Crippen molar-refractivity contribution in [2.45, 2.75) is 44.8 Å². The third-order valence-electron chi connectivity index (χ3n) is 3.65. The summed E-state index contributed by atoms with van der Waals surface area (Å²) in [6, 6.07) is 0.772. The monoisotopic (exact) mass is 235 g/mol. The summed E-state index contributed by atoms with van der Waals surface area (Å²) in [7, 11) is 0. The maximum absolute atomic E-state index is 5.37. The topological polar surface area (TPSA) is 39.1 Å². The van der Waals surface area contributed by atoms with Crippen LogP contribution in [-0.2, 0) is 17.8 Å². The third kappa shape index (κ3) is 3.30. The molecule has 1 saturated heterocycles. The molecule has 1 saturated carbocycles. The zero-order valence-electron chi connectivity index (χ0n) is 10.3. The molecule has 2 heterocycles. The lowest BCUT2D eigenvalue weighted by molar-refractivity contribution is 0.0601. The van der Waals surface area contributed by atoms with Crippen molar-refractivity contribution in [3.8, 4) is 0 Å². The smallest absolute Gasteiger partial charge is 0.0534 e. The molecule has 3 rings (SSSR count). The van der Waals surface area contributed by atoms with Gasteiger partial charge < -0.3 is 10.1 Å². The lowest BCUT2D eigenvalue weighted by atomic mass is 10.0. The van der Waals surface area contributed by atoms with Gasteiger partial charge in [0.1, 0.15) is 0 Å². The number of hydrogen-bond donors (Lipinski definition) is 1. The predicted molar refractivity (Wildman–Crippen MR) is 65.6 cm³/mol. The van der Waals surface area contributed by atoms with Crippen LogP contribution < -0.4 is 5.32 Å². The highest BCUT2D eigenvalue weighted by atomic mass is 16.5. The second-order valence-electron chi connectivity index (χ2n) is 5.28. The van der Waals surface area contributed by atoms with E-state index in [9.17, 15) is 0 Å². The number of hydrogen-bond acceptors (Lipinski definition) is 3. The first-order valence-corrected chi connectivity index (χ1v) is 6.72. The van der Waals surface area contributed by atoms with Gasteiger partial charge in [0.2, 0.25) is 0 Å². The van der Waals surface area contributed by atoms with Crippen LogP contribution in [0.1, 0.15) is 31.2 Å². The molecule has 1 aromatic rings. The standard InChI is InChI=1S/C13H21N3O/c1-2-13(1)14-7-12-8-15-16(10-12)9-11-3-5-17-6-4-11/h8,10-11,13-14H,1-7,9H2. The summed E-state index contributed by atoms with van der Waals surface area (Å²) >= 11 is 0. The van der Waals surface area contributed by atoms with Crippen LogP contribution in [0.4, 0.5) is 0 Å². The Morgan fingerprint density at radius 2 is 2.12 bits per heavy atom. The molecule has 0 bridgehead atoms. The van der Waals surface area contributed by atoms with E-state index in [4.69, 9.17) is 4.74 Å². The maximum Gasteiger partial charge on any atom is 0.0534 e. The normalized spacial score (nSPS) is 21.9. The van der Waals surface area contributed by atoms with Gasteiger partial charge in [-0.3, -0.25) is 4.68 Å². The van der Waals surface area contributed by atoms with Gasteiger partial charge in [0.05, 0.1) is 6.20 Å². The second-order valence-corrected chi connectivity index (χ2v) is 5.28. The Hall–Kier alpha value is -0.870. The van der Waals surface area contributed by atoms with Crippen molar-refractivity contribution in [2.24, 2.45) is 5.92 Å². The molecule has 0 amide bonds. The molecule has 0 atom stereocenters. The van der Waals surface area contributed by atoms with Gasteiger partial charge in [0.15, 0.2) is 0 Å². The van der Waals surface area contributed by atoms with Crippen LogP contribution in [0.5, 0.6) is 0 Å². The Morgan fingerprint density at radius 3 is 2.88 bits per heavy atom. The Balaban J connectivity index is 1.48. The molecule has 1 aliphatic heterocycles. The molecule has 4 nitrogen and oxygen atoms in total. The number of aromatic nitrogens is 2. The predicted octanol–water partition coefficient (Wildman–Crippen LogP) is 1.56. The zero-order chi connectivity index (χ0) is 11.5. The van der Waals surface area contributed by atoms with Crippen LogP contribution >= 0.6 is 0 Å². The molecule has 0 spiro atoms. The van der Waals surface area contributed by atoms with E-state index in [1.165, 1.54) is 31.2 Å². The second kappa shape index (κ2) is 5.19. The van der Waals surface area contributed by atoms with E-state index in [1.54, 1.807) is 0 Å². The highest BCUT2D eigenvalue weighted by molar-refractivity contribution is 5.04. The number of nitrogens with zero attached hydrogens (tertiary/aromatic N) is 2. The Morgan fingerprint density at radius 1 is 1.29 bits per heavy atom. The molecular formula is C13H21N3O. The highest BCUT2D eigenvalue weighted by Crippen LogP contribution is 2.19. The fourth-order valence-corrected chi connectivity index (χ4v) is 2.34. The van der Waals surface area contributed by atoms with Crippen LogP contribution in [0.25, 0.3) is 0 Å². The van der Waals surface area contributed by atoms with Gasteiger partial charge in [0, 0.05) is 44.1 Å². The SMILES string of the molecule is c1nn(CC2CCOCC2)cc1CNC1CC1. The molecule has 1 aromatic heterocycles. The number of rotatable bonds is 5. The van der Waals surface area contributed by atoms with Gasteiger partial charge in [-0.15, -0.1) is 0 Å². The van der Waals surface area contributed by atoms with Crippen LogP contribution in [0.3, 0.4) is 0 Å². The van der Waals surface area contributed by atoms with Crippen LogP contribution in [0.15, 0.2) is 12.4 Å². The van der Waals surface area contributed by atoms with Crippen molar-refractivity contribution in [3.05, 3.63) is 18.0 Å². The number of nitrogens with one attached hydrogen (secondary N) is 1. The van der Waals surface area contributed by atoms with Crippen molar-refractivity contribution in [1.82, 2.24) is 15.1 Å². The van der Waals surface area contributed by atoms with E-state index in [0.29, 0.717) is 0 Å². The summed E-state index contributed by atoms with van der Waals surface area (Å²) in [6.07, 6.45) is 9.22. The van der Waals surface area contributed by atoms with E-state index in [2.05, 4.69) is 21.3 Å². The summed E-state index contributed by atoms with van der Waals surface area (Å²) in [6.45, 7) is 3.86. The first-order chi connectivity index (χ1) is 8.40. The summed E-state index contributed by atoms with van der Waals surface area (Å²) in [5, 5.41) is 7.96. The van der Waals surface area contributed by atoms with E-state index in [1.807, 2.05) is 6.20 Å². The molecule has 4 heteroatoms. The van der Waals surface area contributed by atoms with Crippen LogP contribution in [0, 0.1) is 5.92 Å². The quantitative estimate of drug-likeness (QED) is 0.842. The minimum absolute atomic E-state index is 0.743. The van der Waals surface area contributed by atoms with Gasteiger partial charge in [-0.1, -0.05) is 0 Å². The molecule has 0 radical (unpaired) electrons. The molecule has 2 aliphatic rings. The fraction of sp³-hybridized carbons (Fsp3) is 0.769. The van der Waals surface area contributed by atoms with E-state index < -0.39 is 0 Å². The summed E-state index contributed by atoms with van der Waals surface area (Å²) in [4.78, 5) is 0.